The smallest absolute Gasteiger partial charge is 0.284 e. The average Bonchev–Trinajstić information content (AvgIpc) is 2.58. The van der Waals surface area contributed by atoms with Gasteiger partial charge in [0.15, 0.2) is 0 Å². The van der Waals surface area contributed by atoms with E-state index < -0.39 is 19.0 Å². The molecule has 1 N–H and O–H groups in total. The van der Waals surface area contributed by atoms with Crippen LogP contribution in [-0.2, 0) is 19.5 Å². The van der Waals surface area contributed by atoms with E-state index in [4.69, 9.17) is 0 Å². The summed E-state index contributed by atoms with van der Waals surface area (Å²) < 4.78 is 28.7. The molecule has 0 fully saturated rings. The maximum atomic E-state index is 13.7. The summed E-state index contributed by atoms with van der Waals surface area (Å²) in [6, 6.07) is 0.250. The molecule has 0 spiro atoms. The zero-order valence-electron chi connectivity index (χ0n) is 10.9. The lowest BCUT2D eigenvalue weighted by atomic mass is 10.0. The second-order valence-electron chi connectivity index (χ2n) is 5.43. The van der Waals surface area contributed by atoms with Crippen LogP contribution in [0.1, 0.15) is 28.7 Å². The zero-order chi connectivity index (χ0) is 13.8. The topological polar surface area (TPSA) is 50.2 Å². The number of carbonyl (C=O) groups is 1. The molecule has 1 atom stereocenters. The monoisotopic (exact) mass is 270 g/mol. The van der Waals surface area contributed by atoms with Crippen molar-refractivity contribution >= 4 is 5.91 Å². The lowest BCUT2D eigenvalue weighted by Crippen LogP contribution is -2.38. The molecule has 3 heterocycles. The van der Waals surface area contributed by atoms with Crippen LogP contribution in [0.3, 0.4) is 0 Å². The maximum Gasteiger partial charge on any atom is 0.284 e. The zero-order valence-corrected chi connectivity index (χ0v) is 10.9. The number of nitrogens with one attached hydrogen (secondary N) is 1. The Balaban J connectivity index is 2.11. The summed E-state index contributed by atoms with van der Waals surface area (Å²) in [5.41, 5.74) is 1.85. The molecule has 5 nitrogen and oxygen atoms in total. The lowest BCUT2D eigenvalue weighted by Gasteiger charge is -2.21. The van der Waals surface area contributed by atoms with Gasteiger partial charge in [-0.3, -0.25) is 9.48 Å². The molecule has 0 saturated heterocycles. The molecule has 0 aromatic carbocycles. The predicted octanol–water partition coefficient (Wildman–Crippen LogP) is 0.638. The van der Waals surface area contributed by atoms with Crippen molar-refractivity contribution in [3.05, 3.63) is 17.0 Å². The summed E-state index contributed by atoms with van der Waals surface area (Å²) in [5, 5.41) is 7.47. The Morgan fingerprint density at radius 3 is 2.89 bits per heavy atom. The largest absolute Gasteiger partial charge is 0.334 e. The van der Waals surface area contributed by atoms with E-state index in [2.05, 4.69) is 10.4 Å². The average molecular weight is 270 g/mol. The Hall–Kier alpha value is -1.50. The molecule has 0 aliphatic carbocycles. The number of aromatic nitrogens is 2. The molecular formula is C12H16F2N4O. The molecule has 7 heteroatoms. The van der Waals surface area contributed by atoms with Crippen LogP contribution in [0.5, 0.6) is 0 Å². The van der Waals surface area contributed by atoms with Crippen LogP contribution < -0.4 is 5.32 Å². The third-order valence-corrected chi connectivity index (χ3v) is 3.66. The quantitative estimate of drug-likeness (QED) is 0.752. The number of hydrogen-bond donors (Lipinski definition) is 1. The van der Waals surface area contributed by atoms with Crippen molar-refractivity contribution < 1.29 is 13.6 Å². The Morgan fingerprint density at radius 1 is 1.42 bits per heavy atom. The van der Waals surface area contributed by atoms with Crippen molar-refractivity contribution in [3.63, 3.8) is 0 Å². The minimum Gasteiger partial charge on any atom is -0.334 e. The molecule has 0 saturated carbocycles. The van der Waals surface area contributed by atoms with E-state index in [0.717, 1.165) is 16.2 Å². The first-order valence-electron chi connectivity index (χ1n) is 6.32. The summed E-state index contributed by atoms with van der Waals surface area (Å²) in [6.07, 6.45) is 0.665. The molecule has 1 amide bonds. The van der Waals surface area contributed by atoms with Crippen molar-refractivity contribution in [1.29, 1.82) is 0 Å². The van der Waals surface area contributed by atoms with Crippen LogP contribution in [0, 0.1) is 0 Å². The van der Waals surface area contributed by atoms with E-state index in [1.165, 1.54) is 11.7 Å². The van der Waals surface area contributed by atoms with Gasteiger partial charge in [0.2, 0.25) is 0 Å². The van der Waals surface area contributed by atoms with Crippen molar-refractivity contribution in [1.82, 2.24) is 20.0 Å². The van der Waals surface area contributed by atoms with E-state index in [1.807, 2.05) is 6.92 Å². The van der Waals surface area contributed by atoms with Gasteiger partial charge in [-0.15, -0.1) is 0 Å². The van der Waals surface area contributed by atoms with Gasteiger partial charge >= 0.3 is 0 Å². The minimum atomic E-state index is -2.94. The van der Waals surface area contributed by atoms with Gasteiger partial charge in [0, 0.05) is 31.6 Å². The third-order valence-electron chi connectivity index (χ3n) is 3.66. The van der Waals surface area contributed by atoms with Crippen LogP contribution in [0.2, 0.25) is 0 Å². The van der Waals surface area contributed by atoms with Gasteiger partial charge in [-0.05, 0) is 6.92 Å². The van der Waals surface area contributed by atoms with Crippen LogP contribution in [0.4, 0.5) is 8.78 Å². The fourth-order valence-corrected chi connectivity index (χ4v) is 2.76. The molecular weight excluding hydrogens is 254 g/mol. The molecule has 104 valence electrons. The molecule has 19 heavy (non-hydrogen) atoms. The van der Waals surface area contributed by atoms with Gasteiger partial charge in [0.05, 0.1) is 12.2 Å². The third kappa shape index (κ3) is 2.01. The van der Waals surface area contributed by atoms with E-state index in [1.54, 1.807) is 0 Å². The second kappa shape index (κ2) is 4.00. The first kappa shape index (κ1) is 12.5. The molecule has 3 rings (SSSR count). The summed E-state index contributed by atoms with van der Waals surface area (Å²) in [4.78, 5) is 13.3. The van der Waals surface area contributed by atoms with Crippen molar-refractivity contribution in [3.8, 4) is 0 Å². The van der Waals surface area contributed by atoms with E-state index >= 15 is 0 Å². The van der Waals surface area contributed by atoms with E-state index in [0.29, 0.717) is 18.7 Å². The fraction of sp³-hybridized carbons (Fsp3) is 0.667. The number of halogens is 2. The van der Waals surface area contributed by atoms with Gasteiger partial charge in [-0.1, -0.05) is 0 Å². The van der Waals surface area contributed by atoms with Crippen LogP contribution in [0.25, 0.3) is 0 Å². The van der Waals surface area contributed by atoms with Gasteiger partial charge in [0.25, 0.3) is 11.8 Å². The van der Waals surface area contributed by atoms with Crippen LogP contribution >= 0.6 is 0 Å². The summed E-state index contributed by atoms with van der Waals surface area (Å²) in [6.45, 7) is 1.43. The van der Waals surface area contributed by atoms with E-state index in [-0.39, 0.29) is 11.9 Å². The molecule has 2 aliphatic heterocycles. The maximum absolute atomic E-state index is 13.7. The van der Waals surface area contributed by atoms with Crippen molar-refractivity contribution in [2.24, 2.45) is 0 Å². The standard InChI is InChI=1S/C12H16F2N4O/c1-7-3-9-8(4-15-7)10-11(19)17(2)5-12(13,14)6-18(10)16-9/h7,15H,3-6H2,1-2H3/t7-/m1/s1. The molecule has 2 aliphatic rings. The predicted molar refractivity (Wildman–Crippen MR) is 64.1 cm³/mol. The highest BCUT2D eigenvalue weighted by Gasteiger charge is 2.41. The molecule has 0 unspecified atom stereocenters. The fourth-order valence-electron chi connectivity index (χ4n) is 2.76. The number of hydrogen-bond acceptors (Lipinski definition) is 3. The highest BCUT2D eigenvalue weighted by atomic mass is 19.3. The Kier molecular flexibility index (Phi) is 2.63. The van der Waals surface area contributed by atoms with Crippen molar-refractivity contribution in [2.75, 3.05) is 13.6 Å². The molecule has 0 radical (unpaired) electrons. The Bertz CT molecular complexity index is 540. The summed E-state index contributed by atoms with van der Waals surface area (Å²) in [5.74, 6) is -3.31. The van der Waals surface area contributed by atoms with Gasteiger partial charge in [0.1, 0.15) is 12.2 Å². The number of amides is 1. The van der Waals surface area contributed by atoms with Crippen LogP contribution in [-0.4, -0.2) is 46.1 Å². The molecule has 1 aromatic heterocycles. The number of alkyl halides is 2. The number of rotatable bonds is 0. The second-order valence-corrected chi connectivity index (χ2v) is 5.43. The number of nitrogens with zero attached hydrogens (tertiary/aromatic N) is 3. The minimum absolute atomic E-state index is 0.250. The SMILES string of the molecule is C[C@@H]1Cc2nn3c(c2CN1)C(=O)N(C)CC(F)(F)C3. The van der Waals surface area contributed by atoms with Gasteiger partial charge in [-0.25, -0.2) is 8.78 Å². The normalized spacial score (nSPS) is 25.8. The summed E-state index contributed by atoms with van der Waals surface area (Å²) >= 11 is 0. The van der Waals surface area contributed by atoms with E-state index in [9.17, 15) is 13.6 Å². The molecule has 0 bridgehead atoms. The van der Waals surface area contributed by atoms with Gasteiger partial charge in [-0.2, -0.15) is 5.10 Å². The van der Waals surface area contributed by atoms with Crippen LogP contribution in [0.15, 0.2) is 0 Å². The molecule has 1 aromatic rings. The summed E-state index contributed by atoms with van der Waals surface area (Å²) in [7, 11) is 1.41. The highest BCUT2D eigenvalue weighted by Crippen LogP contribution is 2.28. The Labute approximate surface area is 109 Å². The first-order chi connectivity index (χ1) is 8.87. The lowest BCUT2D eigenvalue weighted by molar-refractivity contribution is -0.0336. The number of carbonyl (C=O) groups excluding carboxylic acids is 1. The van der Waals surface area contributed by atoms with Gasteiger partial charge < -0.3 is 10.2 Å². The highest BCUT2D eigenvalue weighted by molar-refractivity contribution is 5.94. The Morgan fingerprint density at radius 2 is 2.16 bits per heavy atom. The number of fused-ring (bicyclic) bond motifs is 3. The van der Waals surface area contributed by atoms with Crippen molar-refractivity contribution in [2.45, 2.75) is 38.4 Å². The first-order valence-corrected chi connectivity index (χ1v) is 6.32.